The highest BCUT2D eigenvalue weighted by Crippen LogP contribution is 2.21. The fraction of sp³-hybridized carbons (Fsp3) is 0.0714. The van der Waals surface area contributed by atoms with Gasteiger partial charge in [-0.2, -0.15) is 0 Å². The summed E-state index contributed by atoms with van der Waals surface area (Å²) in [7, 11) is 0. The molecular weight excluding hydrogens is 266 g/mol. The predicted octanol–water partition coefficient (Wildman–Crippen LogP) is 4.67. The SMILES string of the molecule is S=c1oc2ccccc2n1Cc1ccccc1Cl. The van der Waals surface area contributed by atoms with Crippen molar-refractivity contribution < 1.29 is 4.42 Å². The Kier molecular flexibility index (Phi) is 2.94. The van der Waals surface area contributed by atoms with E-state index < -0.39 is 0 Å². The first-order valence-corrected chi connectivity index (χ1v) is 6.36. The predicted molar refractivity (Wildman–Crippen MR) is 75.6 cm³/mol. The second kappa shape index (κ2) is 4.59. The van der Waals surface area contributed by atoms with Crippen LogP contribution in [-0.4, -0.2) is 4.57 Å². The van der Waals surface area contributed by atoms with Crippen LogP contribution in [0.15, 0.2) is 52.9 Å². The molecule has 90 valence electrons. The van der Waals surface area contributed by atoms with Gasteiger partial charge in [0.1, 0.15) is 0 Å². The Labute approximate surface area is 114 Å². The zero-order valence-corrected chi connectivity index (χ0v) is 11.0. The number of fused-ring (bicyclic) bond motifs is 1. The van der Waals surface area contributed by atoms with E-state index >= 15 is 0 Å². The van der Waals surface area contributed by atoms with Crippen molar-refractivity contribution in [3.8, 4) is 0 Å². The molecule has 3 rings (SSSR count). The highest BCUT2D eigenvalue weighted by molar-refractivity contribution is 7.71. The number of halogens is 1. The number of para-hydroxylation sites is 2. The van der Waals surface area contributed by atoms with Crippen LogP contribution in [0.4, 0.5) is 0 Å². The molecule has 1 heterocycles. The van der Waals surface area contributed by atoms with Crippen LogP contribution in [0.3, 0.4) is 0 Å². The molecule has 2 nitrogen and oxygen atoms in total. The topological polar surface area (TPSA) is 18.1 Å². The molecule has 2 aromatic carbocycles. The third-order valence-electron chi connectivity index (χ3n) is 2.86. The summed E-state index contributed by atoms with van der Waals surface area (Å²) in [6.45, 7) is 0.621. The molecule has 0 atom stereocenters. The van der Waals surface area contributed by atoms with E-state index in [1.165, 1.54) is 0 Å². The number of aromatic nitrogens is 1. The van der Waals surface area contributed by atoms with Crippen LogP contribution in [-0.2, 0) is 6.54 Å². The van der Waals surface area contributed by atoms with Crippen molar-refractivity contribution in [1.82, 2.24) is 4.57 Å². The lowest BCUT2D eigenvalue weighted by Crippen LogP contribution is -1.99. The summed E-state index contributed by atoms with van der Waals surface area (Å²) in [4.78, 5) is 0.469. The van der Waals surface area contributed by atoms with E-state index in [-0.39, 0.29) is 0 Å². The number of benzene rings is 2. The molecule has 0 aliphatic carbocycles. The summed E-state index contributed by atoms with van der Waals surface area (Å²) in [6.07, 6.45) is 0. The van der Waals surface area contributed by atoms with E-state index in [1.54, 1.807) is 0 Å². The van der Waals surface area contributed by atoms with Gasteiger partial charge in [-0.3, -0.25) is 4.57 Å². The normalized spacial score (nSPS) is 10.9. The van der Waals surface area contributed by atoms with Crippen molar-refractivity contribution in [2.24, 2.45) is 0 Å². The Bertz CT molecular complexity index is 760. The van der Waals surface area contributed by atoms with E-state index in [4.69, 9.17) is 28.2 Å². The van der Waals surface area contributed by atoms with Gasteiger partial charge in [-0.05, 0) is 36.0 Å². The van der Waals surface area contributed by atoms with Crippen LogP contribution >= 0.6 is 23.8 Å². The molecule has 0 radical (unpaired) electrons. The smallest absolute Gasteiger partial charge is 0.269 e. The molecule has 0 saturated heterocycles. The van der Waals surface area contributed by atoms with Gasteiger partial charge in [-0.1, -0.05) is 41.9 Å². The minimum Gasteiger partial charge on any atom is -0.429 e. The number of oxazole rings is 1. The van der Waals surface area contributed by atoms with Crippen LogP contribution in [0.5, 0.6) is 0 Å². The minimum atomic E-state index is 0.469. The zero-order chi connectivity index (χ0) is 12.5. The van der Waals surface area contributed by atoms with Gasteiger partial charge in [0.05, 0.1) is 12.1 Å². The highest BCUT2D eigenvalue weighted by atomic mass is 35.5. The van der Waals surface area contributed by atoms with Crippen molar-refractivity contribution in [3.05, 3.63) is 64.0 Å². The Morgan fingerprint density at radius 3 is 2.61 bits per heavy atom. The van der Waals surface area contributed by atoms with E-state index in [2.05, 4.69) is 0 Å². The molecule has 0 aliphatic heterocycles. The number of hydrogen-bond donors (Lipinski definition) is 0. The molecule has 18 heavy (non-hydrogen) atoms. The summed E-state index contributed by atoms with van der Waals surface area (Å²) in [5.41, 5.74) is 2.82. The summed E-state index contributed by atoms with van der Waals surface area (Å²) in [5.74, 6) is 0. The second-order valence-corrected chi connectivity index (χ2v) is 4.77. The maximum absolute atomic E-state index is 6.17. The number of nitrogens with zero attached hydrogens (tertiary/aromatic N) is 1. The summed E-state index contributed by atoms with van der Waals surface area (Å²) in [6, 6.07) is 15.6. The van der Waals surface area contributed by atoms with Crippen LogP contribution in [0.2, 0.25) is 5.02 Å². The van der Waals surface area contributed by atoms with Crippen molar-refractivity contribution >= 4 is 34.9 Å². The maximum atomic E-state index is 6.17. The lowest BCUT2D eigenvalue weighted by molar-refractivity contribution is 0.548. The molecule has 0 bridgehead atoms. The Balaban J connectivity index is 2.13. The molecule has 0 amide bonds. The van der Waals surface area contributed by atoms with Crippen LogP contribution in [0.25, 0.3) is 11.1 Å². The van der Waals surface area contributed by atoms with Crippen LogP contribution in [0, 0.1) is 4.84 Å². The van der Waals surface area contributed by atoms with Crippen molar-refractivity contribution in [2.45, 2.75) is 6.54 Å². The Morgan fingerprint density at radius 2 is 1.78 bits per heavy atom. The standard InChI is InChI=1S/C14H10ClNOS/c15-11-6-2-1-5-10(11)9-16-12-7-3-4-8-13(12)17-14(16)18/h1-8H,9H2. The average molecular weight is 276 g/mol. The van der Waals surface area contributed by atoms with Gasteiger partial charge in [-0.15, -0.1) is 0 Å². The molecule has 0 aliphatic rings. The van der Waals surface area contributed by atoms with Gasteiger partial charge in [0.2, 0.25) is 0 Å². The summed E-state index contributed by atoms with van der Waals surface area (Å²) < 4.78 is 7.50. The van der Waals surface area contributed by atoms with Crippen LogP contribution in [0.1, 0.15) is 5.56 Å². The molecule has 3 aromatic rings. The second-order valence-electron chi connectivity index (χ2n) is 4.01. The molecular formula is C14H10ClNOS. The van der Waals surface area contributed by atoms with E-state index in [1.807, 2.05) is 53.1 Å². The quantitative estimate of drug-likeness (QED) is 0.633. The van der Waals surface area contributed by atoms with Gasteiger partial charge in [0, 0.05) is 5.02 Å². The molecule has 0 fully saturated rings. The lowest BCUT2D eigenvalue weighted by atomic mass is 10.2. The Morgan fingerprint density at radius 1 is 1.06 bits per heavy atom. The molecule has 0 saturated carbocycles. The first kappa shape index (κ1) is 11.5. The molecule has 0 spiro atoms. The first-order valence-electron chi connectivity index (χ1n) is 5.57. The fourth-order valence-corrected chi connectivity index (χ4v) is 2.41. The average Bonchev–Trinajstić information content (AvgIpc) is 2.69. The van der Waals surface area contributed by atoms with Gasteiger partial charge in [-0.25, -0.2) is 0 Å². The molecule has 0 N–H and O–H groups in total. The third kappa shape index (κ3) is 1.96. The Hall–Kier alpha value is -1.58. The van der Waals surface area contributed by atoms with Gasteiger partial charge in [0.15, 0.2) is 5.58 Å². The zero-order valence-electron chi connectivity index (χ0n) is 9.47. The first-order chi connectivity index (χ1) is 8.75. The number of hydrogen-bond acceptors (Lipinski definition) is 2. The monoisotopic (exact) mass is 275 g/mol. The number of rotatable bonds is 2. The molecule has 1 aromatic heterocycles. The van der Waals surface area contributed by atoms with Gasteiger partial charge < -0.3 is 4.42 Å². The van der Waals surface area contributed by atoms with E-state index in [0.717, 1.165) is 21.7 Å². The third-order valence-corrected chi connectivity index (χ3v) is 3.53. The summed E-state index contributed by atoms with van der Waals surface area (Å²) in [5, 5.41) is 0.740. The van der Waals surface area contributed by atoms with Crippen LogP contribution < -0.4 is 0 Å². The van der Waals surface area contributed by atoms with Crippen molar-refractivity contribution in [3.63, 3.8) is 0 Å². The molecule has 0 unspecified atom stereocenters. The highest BCUT2D eigenvalue weighted by Gasteiger charge is 2.08. The van der Waals surface area contributed by atoms with Crippen molar-refractivity contribution in [1.29, 1.82) is 0 Å². The maximum Gasteiger partial charge on any atom is 0.269 e. The van der Waals surface area contributed by atoms with Crippen molar-refractivity contribution in [2.75, 3.05) is 0 Å². The van der Waals surface area contributed by atoms with E-state index in [9.17, 15) is 0 Å². The van der Waals surface area contributed by atoms with Gasteiger partial charge in [0.25, 0.3) is 4.84 Å². The van der Waals surface area contributed by atoms with E-state index in [0.29, 0.717) is 11.4 Å². The lowest BCUT2D eigenvalue weighted by Gasteiger charge is -2.05. The van der Waals surface area contributed by atoms with Gasteiger partial charge >= 0.3 is 0 Å². The fourth-order valence-electron chi connectivity index (χ4n) is 1.96. The molecule has 4 heteroatoms. The summed E-state index contributed by atoms with van der Waals surface area (Å²) >= 11 is 11.4. The largest absolute Gasteiger partial charge is 0.429 e. The minimum absolute atomic E-state index is 0.469.